The van der Waals surface area contributed by atoms with E-state index >= 15 is 0 Å². The maximum atomic E-state index is 12.7. The van der Waals surface area contributed by atoms with E-state index in [1.54, 1.807) is 0 Å². The summed E-state index contributed by atoms with van der Waals surface area (Å²) in [5.41, 5.74) is 4.08. The fourth-order valence-corrected chi connectivity index (χ4v) is 4.08. The molecule has 0 saturated heterocycles. The zero-order valence-corrected chi connectivity index (χ0v) is 16.5. The van der Waals surface area contributed by atoms with Crippen molar-refractivity contribution in [3.8, 4) is 5.75 Å². The molecule has 2 aromatic heterocycles. The molecule has 1 aliphatic heterocycles. The Morgan fingerprint density at radius 3 is 2.76 bits per heavy atom. The quantitative estimate of drug-likeness (QED) is 0.528. The van der Waals surface area contributed by atoms with Gasteiger partial charge in [0.2, 0.25) is 4.96 Å². The minimum Gasteiger partial charge on any atom is -0.488 e. The van der Waals surface area contributed by atoms with Crippen LogP contribution in [0, 0.1) is 6.92 Å². The van der Waals surface area contributed by atoms with E-state index < -0.39 is 0 Å². The summed E-state index contributed by atoms with van der Waals surface area (Å²) in [4.78, 5) is 17.8. The second-order valence-corrected chi connectivity index (χ2v) is 7.88. The Labute approximate surface area is 170 Å². The number of benzene rings is 2. The second kappa shape index (κ2) is 7.14. The van der Waals surface area contributed by atoms with Gasteiger partial charge in [-0.15, -0.1) is 5.10 Å². The van der Waals surface area contributed by atoms with E-state index in [1.165, 1.54) is 21.4 Å². The normalized spacial score (nSPS) is 14.2. The molecule has 6 heteroatoms. The number of aromatic nitrogens is 3. The molecule has 0 atom stereocenters. The molecule has 0 aliphatic carbocycles. The number of thiazole rings is 1. The molecule has 0 spiro atoms. The first-order valence-electron chi connectivity index (χ1n) is 9.24. The van der Waals surface area contributed by atoms with Crippen LogP contribution in [0.25, 0.3) is 29.3 Å². The van der Waals surface area contributed by atoms with Gasteiger partial charge in [0, 0.05) is 5.56 Å². The van der Waals surface area contributed by atoms with Crippen LogP contribution in [-0.2, 0) is 0 Å². The van der Waals surface area contributed by atoms with Crippen molar-refractivity contribution in [1.82, 2.24) is 14.6 Å². The zero-order valence-electron chi connectivity index (χ0n) is 15.7. The van der Waals surface area contributed by atoms with Gasteiger partial charge in [0.05, 0.1) is 4.53 Å². The van der Waals surface area contributed by atoms with Crippen LogP contribution in [0.4, 0.5) is 0 Å². The highest BCUT2D eigenvalue weighted by Crippen LogP contribution is 2.26. The molecule has 142 valence electrons. The lowest BCUT2D eigenvalue weighted by Crippen LogP contribution is -2.24. The highest BCUT2D eigenvalue weighted by molar-refractivity contribution is 7.15. The SMILES string of the molecule is Cc1ccc(C=Cc2nc3sc(=CC4=Cc5ccccc5OC4)c(=O)n3n2)cc1. The predicted octanol–water partition coefficient (Wildman–Crippen LogP) is 3.61. The van der Waals surface area contributed by atoms with Gasteiger partial charge in [-0.05, 0) is 42.4 Å². The van der Waals surface area contributed by atoms with Crippen LogP contribution in [0.5, 0.6) is 5.75 Å². The number of hydrogen-bond acceptors (Lipinski definition) is 5. The van der Waals surface area contributed by atoms with Gasteiger partial charge >= 0.3 is 0 Å². The Hall–Kier alpha value is -3.51. The number of rotatable bonds is 3. The first kappa shape index (κ1) is 17.6. The molecule has 3 heterocycles. The topological polar surface area (TPSA) is 56.5 Å². The van der Waals surface area contributed by atoms with E-state index in [4.69, 9.17) is 4.74 Å². The van der Waals surface area contributed by atoms with Crippen LogP contribution in [-0.4, -0.2) is 21.2 Å². The molecule has 1 aliphatic rings. The molecule has 5 rings (SSSR count). The third-order valence-corrected chi connectivity index (χ3v) is 5.63. The Kier molecular flexibility index (Phi) is 4.33. The smallest absolute Gasteiger partial charge is 0.291 e. The summed E-state index contributed by atoms with van der Waals surface area (Å²) in [6.07, 6.45) is 7.67. The molecule has 0 N–H and O–H groups in total. The minimum atomic E-state index is -0.160. The molecule has 29 heavy (non-hydrogen) atoms. The maximum Gasteiger partial charge on any atom is 0.291 e. The summed E-state index contributed by atoms with van der Waals surface area (Å²) < 4.78 is 7.72. The Balaban J connectivity index is 1.45. The summed E-state index contributed by atoms with van der Waals surface area (Å²) in [5.74, 6) is 1.38. The summed E-state index contributed by atoms with van der Waals surface area (Å²) in [6.45, 7) is 2.49. The van der Waals surface area contributed by atoms with Gasteiger partial charge in [-0.2, -0.15) is 9.50 Å². The Morgan fingerprint density at radius 1 is 1.10 bits per heavy atom. The lowest BCUT2D eigenvalue weighted by Gasteiger charge is -2.15. The number of nitrogens with zero attached hydrogens (tertiary/aromatic N) is 3. The molecule has 0 fully saturated rings. The molecule has 0 saturated carbocycles. The van der Waals surface area contributed by atoms with Gasteiger partial charge in [-0.25, -0.2) is 0 Å². The van der Waals surface area contributed by atoms with E-state index in [0.29, 0.717) is 21.9 Å². The van der Waals surface area contributed by atoms with Crippen molar-refractivity contribution in [2.45, 2.75) is 6.92 Å². The van der Waals surface area contributed by atoms with Crippen LogP contribution in [0.1, 0.15) is 22.5 Å². The molecule has 0 unspecified atom stereocenters. The van der Waals surface area contributed by atoms with E-state index in [1.807, 2.05) is 60.7 Å². The van der Waals surface area contributed by atoms with E-state index in [0.717, 1.165) is 22.4 Å². The number of aryl methyl sites for hydroxylation is 1. The molecular formula is C23H17N3O2S. The Bertz CT molecular complexity index is 1380. The van der Waals surface area contributed by atoms with Crippen molar-refractivity contribution in [2.24, 2.45) is 0 Å². The first-order chi connectivity index (χ1) is 14.2. The van der Waals surface area contributed by atoms with Crippen LogP contribution < -0.4 is 14.8 Å². The first-order valence-corrected chi connectivity index (χ1v) is 10.1. The third-order valence-electron chi connectivity index (χ3n) is 4.67. The second-order valence-electron chi connectivity index (χ2n) is 6.87. The fourth-order valence-electron chi connectivity index (χ4n) is 3.15. The van der Waals surface area contributed by atoms with Gasteiger partial charge in [0.15, 0.2) is 5.82 Å². The zero-order chi connectivity index (χ0) is 19.8. The third kappa shape index (κ3) is 3.50. The molecule has 0 radical (unpaired) electrons. The van der Waals surface area contributed by atoms with Crippen molar-refractivity contribution < 1.29 is 4.74 Å². The van der Waals surface area contributed by atoms with E-state index in [9.17, 15) is 4.79 Å². The van der Waals surface area contributed by atoms with Gasteiger partial charge in [-0.3, -0.25) is 4.79 Å². The van der Waals surface area contributed by atoms with Gasteiger partial charge in [0.25, 0.3) is 5.56 Å². The average molecular weight is 399 g/mol. The molecule has 2 aromatic carbocycles. The van der Waals surface area contributed by atoms with Gasteiger partial charge in [0.1, 0.15) is 12.4 Å². The summed E-state index contributed by atoms with van der Waals surface area (Å²) in [5, 5.41) is 4.34. The highest BCUT2D eigenvalue weighted by atomic mass is 32.1. The molecule has 5 nitrogen and oxygen atoms in total. The summed E-state index contributed by atoms with van der Waals surface area (Å²) in [6, 6.07) is 16.0. The van der Waals surface area contributed by atoms with Crippen molar-refractivity contribution in [3.05, 3.63) is 91.5 Å². The molecule has 0 amide bonds. The number of para-hydroxylation sites is 1. The predicted molar refractivity (Wildman–Crippen MR) is 117 cm³/mol. The molecule has 0 bridgehead atoms. The molecular weight excluding hydrogens is 382 g/mol. The van der Waals surface area contributed by atoms with Crippen LogP contribution >= 0.6 is 11.3 Å². The van der Waals surface area contributed by atoms with Gasteiger partial charge in [-0.1, -0.05) is 65.4 Å². The van der Waals surface area contributed by atoms with E-state index in [2.05, 4.69) is 29.1 Å². The van der Waals surface area contributed by atoms with Crippen molar-refractivity contribution in [2.75, 3.05) is 6.61 Å². The summed E-state index contributed by atoms with van der Waals surface area (Å²) >= 11 is 1.33. The standard InChI is InChI=1S/C23H17N3O2S/c1-15-6-8-16(9-7-15)10-11-21-24-23-26(25-21)22(27)20(29-23)13-17-12-18-4-2-3-5-19(18)28-14-17/h2-13H,14H2,1H3. The largest absolute Gasteiger partial charge is 0.488 e. The average Bonchev–Trinajstić information content (AvgIpc) is 3.26. The fraction of sp³-hybridized carbons (Fsp3) is 0.0870. The van der Waals surface area contributed by atoms with E-state index in [-0.39, 0.29) is 5.56 Å². The minimum absolute atomic E-state index is 0.160. The van der Waals surface area contributed by atoms with Crippen LogP contribution in [0.2, 0.25) is 0 Å². The number of fused-ring (bicyclic) bond motifs is 2. The molecule has 4 aromatic rings. The lowest BCUT2D eigenvalue weighted by molar-refractivity contribution is 0.352. The lowest BCUT2D eigenvalue weighted by atomic mass is 10.1. The monoisotopic (exact) mass is 399 g/mol. The maximum absolute atomic E-state index is 12.7. The van der Waals surface area contributed by atoms with Crippen LogP contribution in [0.15, 0.2) is 58.9 Å². The highest BCUT2D eigenvalue weighted by Gasteiger charge is 2.12. The van der Waals surface area contributed by atoms with Crippen LogP contribution in [0.3, 0.4) is 0 Å². The van der Waals surface area contributed by atoms with Gasteiger partial charge < -0.3 is 4.74 Å². The van der Waals surface area contributed by atoms with Crippen molar-refractivity contribution in [3.63, 3.8) is 0 Å². The summed E-state index contributed by atoms with van der Waals surface area (Å²) in [7, 11) is 0. The van der Waals surface area contributed by atoms with Crippen molar-refractivity contribution in [1.29, 1.82) is 0 Å². The number of ether oxygens (including phenoxy) is 1. The number of hydrogen-bond donors (Lipinski definition) is 0. The van der Waals surface area contributed by atoms with Crippen molar-refractivity contribution >= 4 is 40.6 Å². The Morgan fingerprint density at radius 2 is 1.93 bits per heavy atom.